The standard InChI is InChI=1S/C14H20O4/c1-13(2,3)9-7-8(15)10(12(17)18-9)11(16)14(4,5)6/h7,15H,1-6H3. The van der Waals surface area contributed by atoms with Crippen LogP contribution in [-0.4, -0.2) is 10.9 Å². The molecular weight excluding hydrogens is 232 g/mol. The zero-order chi connectivity index (χ0) is 14.3. The van der Waals surface area contributed by atoms with E-state index in [0.29, 0.717) is 5.76 Å². The lowest BCUT2D eigenvalue weighted by Crippen LogP contribution is -2.27. The van der Waals surface area contributed by atoms with Gasteiger partial charge in [-0.1, -0.05) is 41.5 Å². The summed E-state index contributed by atoms with van der Waals surface area (Å²) in [7, 11) is 0. The number of hydrogen-bond acceptors (Lipinski definition) is 4. The third-order valence-corrected chi connectivity index (χ3v) is 2.58. The fourth-order valence-corrected chi connectivity index (χ4v) is 1.43. The highest BCUT2D eigenvalue weighted by molar-refractivity contribution is 6.01. The molecule has 18 heavy (non-hydrogen) atoms. The van der Waals surface area contributed by atoms with E-state index in [-0.39, 0.29) is 11.3 Å². The van der Waals surface area contributed by atoms with E-state index in [1.807, 2.05) is 20.8 Å². The molecule has 0 aliphatic heterocycles. The van der Waals surface area contributed by atoms with Gasteiger partial charge in [0, 0.05) is 16.9 Å². The second-order valence-corrected chi connectivity index (χ2v) is 6.49. The van der Waals surface area contributed by atoms with Gasteiger partial charge >= 0.3 is 5.63 Å². The van der Waals surface area contributed by atoms with Crippen molar-refractivity contribution in [1.82, 2.24) is 0 Å². The van der Waals surface area contributed by atoms with Crippen LogP contribution in [0.1, 0.15) is 57.7 Å². The van der Waals surface area contributed by atoms with Crippen LogP contribution in [0, 0.1) is 5.41 Å². The SMILES string of the molecule is CC(C)(C)C(=O)c1c(O)cc(C(C)(C)C)oc1=O. The Labute approximate surface area is 107 Å². The molecule has 0 aliphatic rings. The lowest BCUT2D eigenvalue weighted by molar-refractivity contribution is 0.0849. The van der Waals surface area contributed by atoms with Gasteiger partial charge in [-0.3, -0.25) is 4.79 Å². The maximum atomic E-state index is 12.0. The molecule has 0 spiro atoms. The van der Waals surface area contributed by atoms with Crippen molar-refractivity contribution in [3.05, 3.63) is 27.8 Å². The summed E-state index contributed by atoms with van der Waals surface area (Å²) in [5, 5.41) is 9.89. The topological polar surface area (TPSA) is 67.5 Å². The molecule has 1 aromatic rings. The van der Waals surface area contributed by atoms with Gasteiger partial charge in [0.2, 0.25) is 0 Å². The first-order chi connectivity index (χ1) is 7.94. The van der Waals surface area contributed by atoms with Gasteiger partial charge in [0.05, 0.1) is 0 Å². The molecule has 0 fully saturated rings. The molecule has 0 unspecified atom stereocenters. The summed E-state index contributed by atoms with van der Waals surface area (Å²) in [5.41, 5.74) is -2.19. The van der Waals surface area contributed by atoms with Crippen molar-refractivity contribution < 1.29 is 14.3 Å². The van der Waals surface area contributed by atoms with Crippen LogP contribution < -0.4 is 5.63 Å². The molecule has 0 radical (unpaired) electrons. The van der Waals surface area contributed by atoms with Crippen LogP contribution in [0.25, 0.3) is 0 Å². The summed E-state index contributed by atoms with van der Waals surface area (Å²) in [6, 6.07) is 1.35. The minimum absolute atomic E-state index is 0.268. The number of carbonyl (C=O) groups excluding carboxylic acids is 1. The Hall–Kier alpha value is -1.58. The van der Waals surface area contributed by atoms with E-state index in [4.69, 9.17) is 4.42 Å². The lowest BCUT2D eigenvalue weighted by atomic mass is 9.86. The first-order valence-electron chi connectivity index (χ1n) is 5.87. The molecule has 0 aliphatic carbocycles. The zero-order valence-corrected chi connectivity index (χ0v) is 11.7. The van der Waals surface area contributed by atoms with Gasteiger partial charge in [-0.25, -0.2) is 4.79 Å². The average molecular weight is 252 g/mol. The zero-order valence-electron chi connectivity index (χ0n) is 11.7. The Morgan fingerprint density at radius 3 is 2.00 bits per heavy atom. The molecule has 1 N–H and O–H groups in total. The summed E-state index contributed by atoms with van der Waals surface area (Å²) in [6.07, 6.45) is 0. The number of ketones is 1. The molecule has 4 heteroatoms. The van der Waals surface area contributed by atoms with E-state index in [1.165, 1.54) is 6.07 Å². The first-order valence-corrected chi connectivity index (χ1v) is 5.87. The molecule has 0 saturated heterocycles. The molecule has 1 heterocycles. The third kappa shape index (κ3) is 2.81. The van der Waals surface area contributed by atoms with E-state index in [0.717, 1.165) is 0 Å². The summed E-state index contributed by atoms with van der Waals surface area (Å²) < 4.78 is 5.13. The van der Waals surface area contributed by atoms with Gasteiger partial charge in [-0.15, -0.1) is 0 Å². The molecular formula is C14H20O4. The number of Topliss-reactive ketones (excluding diaryl/α,β-unsaturated/α-hetero) is 1. The van der Waals surface area contributed by atoms with Crippen molar-refractivity contribution in [2.45, 2.75) is 47.0 Å². The van der Waals surface area contributed by atoms with Crippen LogP contribution in [0.2, 0.25) is 0 Å². The van der Waals surface area contributed by atoms with Crippen LogP contribution >= 0.6 is 0 Å². The highest BCUT2D eigenvalue weighted by Gasteiger charge is 2.30. The molecule has 0 bridgehead atoms. The quantitative estimate of drug-likeness (QED) is 0.780. The van der Waals surface area contributed by atoms with Crippen LogP contribution in [0.15, 0.2) is 15.3 Å². The summed E-state index contributed by atoms with van der Waals surface area (Å²) in [4.78, 5) is 23.9. The Kier molecular flexibility index (Phi) is 3.43. The van der Waals surface area contributed by atoms with Crippen LogP contribution in [0.5, 0.6) is 5.75 Å². The highest BCUT2D eigenvalue weighted by Crippen LogP contribution is 2.29. The van der Waals surface area contributed by atoms with Crippen molar-refractivity contribution in [2.24, 2.45) is 5.41 Å². The van der Waals surface area contributed by atoms with Crippen LogP contribution in [0.4, 0.5) is 0 Å². The number of carbonyl (C=O) groups is 1. The van der Waals surface area contributed by atoms with Gasteiger partial charge in [0.15, 0.2) is 5.78 Å². The maximum Gasteiger partial charge on any atom is 0.350 e. The minimum Gasteiger partial charge on any atom is -0.507 e. The predicted octanol–water partition coefficient (Wildman–Crippen LogP) is 2.87. The van der Waals surface area contributed by atoms with Crippen molar-refractivity contribution >= 4 is 5.78 Å². The lowest BCUT2D eigenvalue weighted by Gasteiger charge is -2.19. The van der Waals surface area contributed by atoms with Gasteiger partial charge in [0.1, 0.15) is 17.1 Å². The second kappa shape index (κ2) is 4.26. The minimum atomic E-state index is -0.778. The molecule has 1 rings (SSSR count). The van der Waals surface area contributed by atoms with Crippen LogP contribution in [0.3, 0.4) is 0 Å². The molecule has 4 nitrogen and oxygen atoms in total. The van der Waals surface area contributed by atoms with Crippen LogP contribution in [-0.2, 0) is 5.41 Å². The fraction of sp³-hybridized carbons (Fsp3) is 0.571. The molecule has 0 atom stereocenters. The van der Waals surface area contributed by atoms with E-state index in [1.54, 1.807) is 20.8 Å². The fourth-order valence-electron chi connectivity index (χ4n) is 1.43. The van der Waals surface area contributed by atoms with E-state index >= 15 is 0 Å². The smallest absolute Gasteiger partial charge is 0.350 e. The molecule has 0 aromatic carbocycles. The Morgan fingerprint density at radius 2 is 1.67 bits per heavy atom. The summed E-state index contributed by atoms with van der Waals surface area (Å²) in [5.74, 6) is -0.374. The summed E-state index contributed by atoms with van der Waals surface area (Å²) >= 11 is 0. The van der Waals surface area contributed by atoms with Gasteiger partial charge in [-0.05, 0) is 0 Å². The number of rotatable bonds is 1. The predicted molar refractivity (Wildman–Crippen MR) is 69.1 cm³/mol. The monoisotopic (exact) mass is 252 g/mol. The Bertz CT molecular complexity index is 524. The van der Waals surface area contributed by atoms with Crippen molar-refractivity contribution in [3.8, 4) is 5.75 Å². The molecule has 100 valence electrons. The number of hydrogen-bond donors (Lipinski definition) is 1. The first kappa shape index (κ1) is 14.5. The third-order valence-electron chi connectivity index (χ3n) is 2.58. The molecule has 0 saturated carbocycles. The highest BCUT2D eigenvalue weighted by atomic mass is 16.4. The Morgan fingerprint density at radius 1 is 1.17 bits per heavy atom. The average Bonchev–Trinajstić information content (AvgIpc) is 2.13. The van der Waals surface area contributed by atoms with Crippen molar-refractivity contribution in [1.29, 1.82) is 0 Å². The Balaban J connectivity index is 3.44. The normalized spacial score (nSPS) is 12.6. The van der Waals surface area contributed by atoms with Crippen molar-refractivity contribution in [3.63, 3.8) is 0 Å². The van der Waals surface area contributed by atoms with Gasteiger partial charge in [-0.2, -0.15) is 0 Å². The van der Waals surface area contributed by atoms with Gasteiger partial charge in [0.25, 0.3) is 0 Å². The molecule has 0 amide bonds. The van der Waals surface area contributed by atoms with E-state index in [2.05, 4.69) is 0 Å². The number of aromatic hydroxyl groups is 1. The largest absolute Gasteiger partial charge is 0.507 e. The second-order valence-electron chi connectivity index (χ2n) is 6.49. The van der Waals surface area contributed by atoms with Crippen molar-refractivity contribution in [2.75, 3.05) is 0 Å². The maximum absolute atomic E-state index is 12.0. The molecule has 1 aromatic heterocycles. The van der Waals surface area contributed by atoms with Gasteiger partial charge < -0.3 is 9.52 Å². The van der Waals surface area contributed by atoms with E-state index < -0.39 is 22.2 Å². The van der Waals surface area contributed by atoms with E-state index in [9.17, 15) is 14.7 Å². The summed E-state index contributed by atoms with van der Waals surface area (Å²) in [6.45, 7) is 10.6.